The molecule has 0 saturated carbocycles. The number of rotatable bonds is 8. The third-order valence-corrected chi connectivity index (χ3v) is 8.24. The maximum atomic E-state index is 14.1. The molecular weight excluding hydrogens is 576 g/mol. The van der Waals surface area contributed by atoms with Crippen LogP contribution >= 0.6 is 11.3 Å². The Labute approximate surface area is 256 Å². The number of Topliss-reactive ketones (excluding diaryl/α,β-unsaturated/α-hetero) is 1. The first-order valence-electron chi connectivity index (χ1n) is 14.0. The van der Waals surface area contributed by atoms with E-state index in [-0.39, 0.29) is 23.5 Å². The number of ether oxygens (including phenoxy) is 2. The summed E-state index contributed by atoms with van der Waals surface area (Å²) in [6, 6.07) is 26.6. The average Bonchev–Trinajstić information content (AvgIpc) is 3.64. The lowest BCUT2D eigenvalue weighted by atomic mass is 9.93. The second kappa shape index (κ2) is 12.1. The Kier molecular flexibility index (Phi) is 7.95. The number of thiazole rings is 1. The Morgan fingerprint density at radius 1 is 0.977 bits per heavy atom. The SMILES string of the molecule is CCOC(=O)C1=C(c2ccccc2)N=c2sc(=Cc3ccc(-c4ccc(C(C)=O)cc4)o3)c(=O)n2[C@H]1c1cccc(OC)c1. The number of aromatic nitrogens is 1. The van der Waals surface area contributed by atoms with Gasteiger partial charge in [0.25, 0.3) is 5.56 Å². The largest absolute Gasteiger partial charge is 0.497 e. The summed E-state index contributed by atoms with van der Waals surface area (Å²) in [7, 11) is 1.57. The molecule has 9 heteroatoms. The average molecular weight is 605 g/mol. The van der Waals surface area contributed by atoms with E-state index >= 15 is 0 Å². The van der Waals surface area contributed by atoms with Gasteiger partial charge in [-0.25, -0.2) is 9.79 Å². The lowest BCUT2D eigenvalue weighted by Gasteiger charge is -2.26. The molecule has 8 nitrogen and oxygen atoms in total. The van der Waals surface area contributed by atoms with Crippen LogP contribution in [0.2, 0.25) is 0 Å². The van der Waals surface area contributed by atoms with Crippen LogP contribution in [0.5, 0.6) is 5.75 Å². The molecule has 0 bridgehead atoms. The summed E-state index contributed by atoms with van der Waals surface area (Å²) in [6.45, 7) is 3.43. The molecule has 6 rings (SSSR count). The first-order valence-corrected chi connectivity index (χ1v) is 14.8. The van der Waals surface area contributed by atoms with Crippen molar-refractivity contribution in [1.29, 1.82) is 0 Å². The number of nitrogens with zero attached hydrogens (tertiary/aromatic N) is 2. The van der Waals surface area contributed by atoms with E-state index in [0.717, 1.165) is 11.1 Å². The van der Waals surface area contributed by atoms with Crippen molar-refractivity contribution >= 4 is 34.9 Å². The maximum Gasteiger partial charge on any atom is 0.338 e. The fourth-order valence-electron chi connectivity index (χ4n) is 5.15. The minimum atomic E-state index is -0.815. The van der Waals surface area contributed by atoms with Gasteiger partial charge in [-0.1, -0.05) is 78.1 Å². The number of furan rings is 1. The summed E-state index contributed by atoms with van der Waals surface area (Å²) < 4.78 is 19.0. The summed E-state index contributed by atoms with van der Waals surface area (Å²) in [5.41, 5.74) is 3.22. The predicted molar refractivity (Wildman–Crippen MR) is 168 cm³/mol. The molecule has 1 aliphatic heterocycles. The van der Waals surface area contributed by atoms with Gasteiger partial charge in [-0.05, 0) is 43.7 Å². The van der Waals surface area contributed by atoms with Gasteiger partial charge in [0.2, 0.25) is 0 Å². The molecule has 3 aromatic carbocycles. The highest BCUT2D eigenvalue weighted by Gasteiger charge is 2.35. The molecule has 1 aliphatic rings. The van der Waals surface area contributed by atoms with Gasteiger partial charge in [0, 0.05) is 22.8 Å². The van der Waals surface area contributed by atoms with Gasteiger partial charge in [-0.2, -0.15) is 0 Å². The van der Waals surface area contributed by atoms with Crippen LogP contribution in [0, 0.1) is 0 Å². The zero-order valence-electron chi connectivity index (χ0n) is 24.3. The van der Waals surface area contributed by atoms with E-state index < -0.39 is 12.0 Å². The maximum absolute atomic E-state index is 14.1. The highest BCUT2D eigenvalue weighted by Crippen LogP contribution is 2.36. The predicted octanol–water partition coefficient (Wildman–Crippen LogP) is 5.41. The molecule has 0 aliphatic carbocycles. The van der Waals surface area contributed by atoms with Crippen molar-refractivity contribution in [3.8, 4) is 17.1 Å². The lowest BCUT2D eigenvalue weighted by molar-refractivity contribution is -0.138. The Morgan fingerprint density at radius 2 is 1.75 bits per heavy atom. The van der Waals surface area contributed by atoms with E-state index in [4.69, 9.17) is 18.9 Å². The smallest absolute Gasteiger partial charge is 0.338 e. The van der Waals surface area contributed by atoms with E-state index in [1.807, 2.05) is 66.7 Å². The van der Waals surface area contributed by atoms with Crippen LogP contribution in [0.1, 0.15) is 47.1 Å². The molecule has 0 N–H and O–H groups in total. The molecule has 3 heterocycles. The fourth-order valence-corrected chi connectivity index (χ4v) is 6.13. The summed E-state index contributed by atoms with van der Waals surface area (Å²) >= 11 is 1.21. The van der Waals surface area contributed by atoms with E-state index in [0.29, 0.717) is 43.4 Å². The number of methoxy groups -OCH3 is 1. The van der Waals surface area contributed by atoms with Crippen LogP contribution in [-0.4, -0.2) is 30.0 Å². The van der Waals surface area contributed by atoms with Gasteiger partial charge >= 0.3 is 5.97 Å². The van der Waals surface area contributed by atoms with E-state index in [2.05, 4.69) is 0 Å². The number of ketones is 1. The van der Waals surface area contributed by atoms with Crippen molar-refractivity contribution in [3.05, 3.63) is 139 Å². The van der Waals surface area contributed by atoms with E-state index in [9.17, 15) is 14.4 Å². The molecule has 0 saturated heterocycles. The van der Waals surface area contributed by atoms with Crippen molar-refractivity contribution in [2.75, 3.05) is 13.7 Å². The number of carbonyl (C=O) groups is 2. The molecule has 0 amide bonds. The molecule has 44 heavy (non-hydrogen) atoms. The molecule has 0 radical (unpaired) electrons. The van der Waals surface area contributed by atoms with Crippen molar-refractivity contribution < 1.29 is 23.5 Å². The van der Waals surface area contributed by atoms with Gasteiger partial charge in [0.05, 0.1) is 35.6 Å². The van der Waals surface area contributed by atoms with Gasteiger partial charge in [-0.15, -0.1) is 0 Å². The highest BCUT2D eigenvalue weighted by molar-refractivity contribution is 7.07. The van der Waals surface area contributed by atoms with Crippen LogP contribution in [0.25, 0.3) is 23.1 Å². The topological polar surface area (TPSA) is 100 Å². The molecule has 1 atom stereocenters. The second-order valence-corrected chi connectivity index (χ2v) is 11.1. The zero-order valence-corrected chi connectivity index (χ0v) is 25.1. The van der Waals surface area contributed by atoms with Crippen LogP contribution in [0.15, 0.2) is 111 Å². The Bertz CT molecular complexity index is 2080. The van der Waals surface area contributed by atoms with E-state index in [1.54, 1.807) is 44.4 Å². The Balaban J connectivity index is 1.53. The normalized spacial score (nSPS) is 14.6. The van der Waals surface area contributed by atoms with Gasteiger partial charge in [0.1, 0.15) is 17.3 Å². The number of hydrogen-bond donors (Lipinski definition) is 0. The number of fused-ring (bicyclic) bond motifs is 1. The van der Waals surface area contributed by atoms with Crippen molar-refractivity contribution in [2.45, 2.75) is 19.9 Å². The Hall–Kier alpha value is -5.28. The van der Waals surface area contributed by atoms with Crippen molar-refractivity contribution in [1.82, 2.24) is 4.57 Å². The number of esters is 1. The standard InChI is InChI=1S/C35H28N2O6S/c1-4-42-34(40)30-31(24-9-6-5-7-10-24)36-35-37(32(30)25-11-8-12-26(19-25)41-3)33(39)29(44-35)20-27-17-18-28(43-27)23-15-13-22(14-16-23)21(2)38/h5-20,32H,4H2,1-3H3/t32-/m0/s1. The third kappa shape index (κ3) is 5.45. The van der Waals surface area contributed by atoms with Gasteiger partial charge < -0.3 is 13.9 Å². The molecule has 220 valence electrons. The Morgan fingerprint density at radius 3 is 2.45 bits per heavy atom. The van der Waals surface area contributed by atoms with Crippen LogP contribution in [-0.2, 0) is 9.53 Å². The summed E-state index contributed by atoms with van der Waals surface area (Å²) in [6.07, 6.45) is 1.68. The molecule has 0 unspecified atom stereocenters. The minimum Gasteiger partial charge on any atom is -0.497 e. The van der Waals surface area contributed by atoms with E-state index in [1.165, 1.54) is 22.8 Å². The summed E-state index contributed by atoms with van der Waals surface area (Å²) in [4.78, 5) is 44.7. The fraction of sp³-hybridized carbons (Fsp3) is 0.143. The third-order valence-electron chi connectivity index (χ3n) is 7.26. The number of carbonyl (C=O) groups excluding carboxylic acids is 2. The molecule has 0 fully saturated rings. The summed E-state index contributed by atoms with van der Waals surface area (Å²) in [5, 5.41) is 0. The van der Waals surface area contributed by atoms with Gasteiger partial charge in [0.15, 0.2) is 10.6 Å². The molecule has 0 spiro atoms. The quantitative estimate of drug-likeness (QED) is 0.174. The highest BCUT2D eigenvalue weighted by atomic mass is 32.1. The van der Waals surface area contributed by atoms with Crippen LogP contribution in [0.4, 0.5) is 0 Å². The minimum absolute atomic E-state index is 0.0131. The molecule has 2 aromatic heterocycles. The van der Waals surface area contributed by atoms with Crippen LogP contribution < -0.4 is 19.6 Å². The van der Waals surface area contributed by atoms with Gasteiger partial charge in [-0.3, -0.25) is 14.2 Å². The van der Waals surface area contributed by atoms with Crippen LogP contribution in [0.3, 0.4) is 0 Å². The number of hydrogen-bond acceptors (Lipinski definition) is 8. The molecule has 5 aromatic rings. The van der Waals surface area contributed by atoms with Crippen molar-refractivity contribution in [2.24, 2.45) is 4.99 Å². The second-order valence-electron chi connectivity index (χ2n) is 10.0. The summed E-state index contributed by atoms with van der Waals surface area (Å²) in [5.74, 6) is 1.10. The number of benzene rings is 3. The molecular formula is C35H28N2O6S. The first-order chi connectivity index (χ1) is 21.4. The lowest BCUT2D eigenvalue weighted by Crippen LogP contribution is -2.40. The monoisotopic (exact) mass is 604 g/mol. The van der Waals surface area contributed by atoms with Crippen molar-refractivity contribution in [3.63, 3.8) is 0 Å². The first kappa shape index (κ1) is 28.8. The zero-order chi connectivity index (χ0) is 30.8.